The number of carbonyl (C=O) groups excluding carboxylic acids is 3. The Hall–Kier alpha value is -4.79. The Bertz CT molecular complexity index is 1610. The van der Waals surface area contributed by atoms with Crippen LogP contribution >= 0.6 is 0 Å². The maximum absolute atomic E-state index is 12.8. The second-order valence-corrected chi connectivity index (χ2v) is 11.7. The Morgan fingerprint density at radius 2 is 1.48 bits per heavy atom. The van der Waals surface area contributed by atoms with Crippen molar-refractivity contribution in [2.24, 2.45) is 0 Å². The van der Waals surface area contributed by atoms with Crippen molar-refractivity contribution in [1.82, 2.24) is 15.1 Å². The molecule has 238 valence electrons. The molecule has 8 nitrogen and oxygen atoms in total. The van der Waals surface area contributed by atoms with Crippen molar-refractivity contribution in [2.75, 3.05) is 32.0 Å². The van der Waals surface area contributed by atoms with Gasteiger partial charge in [-0.05, 0) is 74.3 Å². The smallest absolute Gasteiger partial charge is 0.411 e. The van der Waals surface area contributed by atoms with E-state index in [1.165, 1.54) is 16.0 Å². The number of nitrogens with one attached hydrogen (secondary N) is 2. The van der Waals surface area contributed by atoms with Crippen molar-refractivity contribution in [1.29, 1.82) is 0 Å². The van der Waals surface area contributed by atoms with E-state index in [1.54, 1.807) is 24.3 Å². The highest BCUT2D eigenvalue weighted by molar-refractivity contribution is 6.21. The average Bonchev–Trinajstić information content (AvgIpc) is 3.32. The van der Waals surface area contributed by atoms with Gasteiger partial charge >= 0.3 is 6.09 Å². The molecule has 3 amide bonds. The first-order chi connectivity index (χ1) is 22.4. The maximum Gasteiger partial charge on any atom is 0.411 e. The standard InChI is InChI=1S/C38H42N4O4/c1-3-31(46-38(45)40-35-20-10-9-17-32(35)30-15-5-4-6-16-30)21-22-39-26-28-13-11-14-29(25-28)27-41(2)23-12-24-42-36(43)33-18-7-8-19-34(33)37(42)44/h4-11,13-20,25,31,39H,3,12,21-24,26-27H2,1-2H3,(H,40,45). The monoisotopic (exact) mass is 618 g/mol. The molecule has 0 bridgehead atoms. The molecule has 0 saturated carbocycles. The Labute approximate surface area is 271 Å². The quantitative estimate of drug-likeness (QED) is 0.110. The van der Waals surface area contributed by atoms with Gasteiger partial charge in [-0.3, -0.25) is 19.8 Å². The summed E-state index contributed by atoms with van der Waals surface area (Å²) in [4.78, 5) is 41.5. The van der Waals surface area contributed by atoms with Gasteiger partial charge in [-0.15, -0.1) is 0 Å². The summed E-state index contributed by atoms with van der Waals surface area (Å²) in [5.74, 6) is -0.402. The topological polar surface area (TPSA) is 91.0 Å². The summed E-state index contributed by atoms with van der Waals surface area (Å²) >= 11 is 0. The molecule has 0 radical (unpaired) electrons. The Morgan fingerprint density at radius 3 is 2.20 bits per heavy atom. The minimum Gasteiger partial charge on any atom is -0.446 e. The first-order valence-electron chi connectivity index (χ1n) is 16.0. The van der Waals surface area contributed by atoms with Crippen molar-refractivity contribution >= 4 is 23.6 Å². The molecule has 46 heavy (non-hydrogen) atoms. The number of fused-ring (bicyclic) bond motifs is 1. The van der Waals surface area contributed by atoms with Crippen molar-refractivity contribution in [3.8, 4) is 11.1 Å². The van der Waals surface area contributed by atoms with E-state index in [2.05, 4.69) is 46.8 Å². The largest absolute Gasteiger partial charge is 0.446 e. The van der Waals surface area contributed by atoms with E-state index in [1.807, 2.05) is 61.5 Å². The maximum atomic E-state index is 12.8. The summed E-state index contributed by atoms with van der Waals surface area (Å²) in [6, 6.07) is 33.2. The lowest BCUT2D eigenvalue weighted by Gasteiger charge is -2.20. The lowest BCUT2D eigenvalue weighted by Crippen LogP contribution is -2.32. The zero-order valence-corrected chi connectivity index (χ0v) is 26.6. The summed E-state index contributed by atoms with van der Waals surface area (Å²) < 4.78 is 5.77. The first-order valence-corrected chi connectivity index (χ1v) is 16.0. The lowest BCUT2D eigenvalue weighted by molar-refractivity contribution is 0.0648. The number of benzene rings is 4. The molecule has 2 N–H and O–H groups in total. The van der Waals surface area contributed by atoms with Crippen LogP contribution in [0.25, 0.3) is 11.1 Å². The molecule has 0 aromatic heterocycles. The second-order valence-electron chi connectivity index (χ2n) is 11.7. The third-order valence-electron chi connectivity index (χ3n) is 8.19. The lowest BCUT2D eigenvalue weighted by atomic mass is 10.0. The summed E-state index contributed by atoms with van der Waals surface area (Å²) in [6.45, 7) is 5.39. The highest BCUT2D eigenvalue weighted by atomic mass is 16.6. The predicted octanol–water partition coefficient (Wildman–Crippen LogP) is 6.98. The third kappa shape index (κ3) is 8.47. The zero-order chi connectivity index (χ0) is 32.3. The van der Waals surface area contributed by atoms with Crippen LogP contribution in [-0.4, -0.2) is 60.5 Å². The van der Waals surface area contributed by atoms with E-state index >= 15 is 0 Å². The van der Waals surface area contributed by atoms with Crippen molar-refractivity contribution in [2.45, 2.75) is 45.4 Å². The van der Waals surface area contributed by atoms with E-state index < -0.39 is 6.09 Å². The van der Waals surface area contributed by atoms with Crippen molar-refractivity contribution in [3.05, 3.63) is 125 Å². The van der Waals surface area contributed by atoms with Gasteiger partial charge in [0.1, 0.15) is 6.10 Å². The summed E-state index contributed by atoms with van der Waals surface area (Å²) in [7, 11) is 2.05. The number of amides is 3. The highest BCUT2D eigenvalue weighted by Crippen LogP contribution is 2.28. The summed E-state index contributed by atoms with van der Waals surface area (Å²) in [5.41, 5.74) is 6.07. The number of imide groups is 1. The number of hydrogen-bond acceptors (Lipinski definition) is 6. The minimum absolute atomic E-state index is 0.198. The third-order valence-corrected chi connectivity index (χ3v) is 8.19. The fraction of sp³-hybridized carbons (Fsp3) is 0.289. The molecule has 1 heterocycles. The second kappa shape index (κ2) is 16.0. The highest BCUT2D eigenvalue weighted by Gasteiger charge is 2.34. The van der Waals surface area contributed by atoms with E-state index in [9.17, 15) is 14.4 Å². The van der Waals surface area contributed by atoms with Gasteiger partial charge in [0.15, 0.2) is 0 Å². The normalized spacial score (nSPS) is 13.2. The van der Waals surface area contributed by atoms with Crippen LogP contribution in [0.3, 0.4) is 0 Å². The average molecular weight is 619 g/mol. The van der Waals surface area contributed by atoms with Gasteiger partial charge in [-0.1, -0.05) is 91.9 Å². The molecule has 5 rings (SSSR count). The summed E-state index contributed by atoms with van der Waals surface area (Å²) in [6.07, 6.45) is 1.50. The van der Waals surface area contributed by atoms with Crippen LogP contribution in [0.15, 0.2) is 103 Å². The van der Waals surface area contributed by atoms with Crippen LogP contribution in [0.5, 0.6) is 0 Å². The number of anilines is 1. The Morgan fingerprint density at radius 1 is 0.826 bits per heavy atom. The number of hydrogen-bond donors (Lipinski definition) is 2. The molecule has 8 heteroatoms. The first kappa shape index (κ1) is 32.6. The fourth-order valence-electron chi connectivity index (χ4n) is 5.76. The van der Waals surface area contributed by atoms with Gasteiger partial charge in [0.05, 0.1) is 16.8 Å². The number of ether oxygens (including phenoxy) is 1. The van der Waals surface area contributed by atoms with Crippen LogP contribution in [0.1, 0.15) is 58.0 Å². The fourth-order valence-corrected chi connectivity index (χ4v) is 5.76. The van der Waals surface area contributed by atoms with Gasteiger partial charge in [-0.25, -0.2) is 4.79 Å². The Kier molecular flexibility index (Phi) is 11.3. The van der Waals surface area contributed by atoms with Crippen LogP contribution in [-0.2, 0) is 17.8 Å². The van der Waals surface area contributed by atoms with Gasteiger partial charge in [0.2, 0.25) is 0 Å². The number of para-hydroxylation sites is 1. The van der Waals surface area contributed by atoms with Crippen LogP contribution in [0.2, 0.25) is 0 Å². The molecule has 0 saturated heterocycles. The predicted molar refractivity (Wildman–Crippen MR) is 182 cm³/mol. The Balaban J connectivity index is 1.02. The number of rotatable bonds is 15. The van der Waals surface area contributed by atoms with Gasteiger partial charge in [0.25, 0.3) is 11.8 Å². The zero-order valence-electron chi connectivity index (χ0n) is 26.6. The molecule has 1 aliphatic rings. The van der Waals surface area contributed by atoms with Crippen LogP contribution < -0.4 is 10.6 Å². The summed E-state index contributed by atoms with van der Waals surface area (Å²) in [5, 5.41) is 6.42. The molecule has 4 aromatic carbocycles. The van der Waals surface area contributed by atoms with Crippen LogP contribution in [0.4, 0.5) is 10.5 Å². The van der Waals surface area contributed by atoms with Gasteiger partial charge in [-0.2, -0.15) is 0 Å². The van der Waals surface area contributed by atoms with Crippen molar-refractivity contribution < 1.29 is 19.1 Å². The molecule has 0 fully saturated rings. The molecular weight excluding hydrogens is 576 g/mol. The SMILES string of the molecule is CCC(CCNCc1cccc(CN(C)CCCN2C(=O)c3ccccc3C2=O)c1)OC(=O)Nc1ccccc1-c1ccccc1. The molecule has 1 aliphatic heterocycles. The van der Waals surface area contributed by atoms with E-state index in [0.29, 0.717) is 43.6 Å². The molecule has 0 aliphatic carbocycles. The molecule has 4 aromatic rings. The molecule has 0 spiro atoms. The minimum atomic E-state index is -0.448. The molecule has 1 unspecified atom stereocenters. The molecule has 1 atom stereocenters. The van der Waals surface area contributed by atoms with Crippen LogP contribution in [0, 0.1) is 0 Å². The van der Waals surface area contributed by atoms with E-state index in [-0.39, 0.29) is 17.9 Å². The van der Waals surface area contributed by atoms with Gasteiger partial charge < -0.3 is 15.0 Å². The van der Waals surface area contributed by atoms with Gasteiger partial charge in [0, 0.05) is 25.2 Å². The molecular formula is C38H42N4O4. The number of nitrogens with zero attached hydrogens (tertiary/aromatic N) is 2. The number of carbonyl (C=O) groups is 3. The van der Waals surface area contributed by atoms with E-state index in [0.717, 1.165) is 36.3 Å². The van der Waals surface area contributed by atoms with Crippen molar-refractivity contribution in [3.63, 3.8) is 0 Å². The van der Waals surface area contributed by atoms with E-state index in [4.69, 9.17) is 4.74 Å².